The Hall–Kier alpha value is -3.43. The Balaban J connectivity index is 2.83. The minimum atomic E-state index is -0.968. The van der Waals surface area contributed by atoms with E-state index >= 15 is 0 Å². The SMILES string of the molecule is CC(C)C(NC(=O)CCCCNC(=O)CI)C(=O)N[C@H](CCCNC(N)=O)C(=O)Nc1ccc(COC(=O)C(C)(C)C)cc1. The summed E-state index contributed by atoms with van der Waals surface area (Å²) in [5.74, 6) is -1.95. The van der Waals surface area contributed by atoms with Gasteiger partial charge in [0.15, 0.2) is 0 Å². The number of amides is 6. The number of halogens is 1. The molecule has 0 bridgehead atoms. The molecular weight excluding hydrogens is 683 g/mol. The molecule has 0 fully saturated rings. The molecule has 0 saturated carbocycles. The molecule has 0 radical (unpaired) electrons. The van der Waals surface area contributed by atoms with Crippen LogP contribution < -0.4 is 32.3 Å². The van der Waals surface area contributed by atoms with Crippen molar-refractivity contribution in [1.29, 1.82) is 0 Å². The van der Waals surface area contributed by atoms with E-state index < -0.39 is 35.3 Å². The molecule has 1 aromatic rings. The number of anilines is 1. The summed E-state index contributed by atoms with van der Waals surface area (Å²) in [6, 6.07) is 4.22. The fourth-order valence-corrected chi connectivity index (χ4v) is 4.06. The van der Waals surface area contributed by atoms with Crippen molar-refractivity contribution in [3.05, 3.63) is 29.8 Å². The van der Waals surface area contributed by atoms with E-state index in [1.54, 1.807) is 58.9 Å². The molecule has 0 aliphatic carbocycles. The van der Waals surface area contributed by atoms with Gasteiger partial charge in [-0.25, -0.2) is 4.79 Å². The number of esters is 1. The number of hydrogen-bond acceptors (Lipinski definition) is 7. The quantitative estimate of drug-likeness (QED) is 0.0577. The van der Waals surface area contributed by atoms with Crippen molar-refractivity contribution in [2.75, 3.05) is 22.8 Å². The van der Waals surface area contributed by atoms with E-state index in [1.165, 1.54) is 0 Å². The Kier molecular flexibility index (Phi) is 17.3. The summed E-state index contributed by atoms with van der Waals surface area (Å²) in [6.07, 6.45) is 1.89. The van der Waals surface area contributed by atoms with E-state index in [9.17, 15) is 28.8 Å². The highest BCUT2D eigenvalue weighted by Crippen LogP contribution is 2.18. The first-order valence-corrected chi connectivity index (χ1v) is 16.2. The second-order valence-electron chi connectivity index (χ2n) is 11.7. The third-order valence-electron chi connectivity index (χ3n) is 6.35. The molecule has 1 rings (SSSR count). The number of ether oxygens (including phenoxy) is 1. The Morgan fingerprint density at radius 1 is 0.864 bits per heavy atom. The third kappa shape index (κ3) is 15.9. The summed E-state index contributed by atoms with van der Waals surface area (Å²) < 4.78 is 5.69. The lowest BCUT2D eigenvalue weighted by Crippen LogP contribution is -2.54. The van der Waals surface area contributed by atoms with Gasteiger partial charge in [-0.3, -0.25) is 24.0 Å². The monoisotopic (exact) mass is 730 g/mol. The minimum absolute atomic E-state index is 0.0634. The molecule has 13 nitrogen and oxygen atoms in total. The fourth-order valence-electron chi connectivity index (χ4n) is 3.79. The van der Waals surface area contributed by atoms with Gasteiger partial charge in [-0.2, -0.15) is 0 Å². The highest BCUT2D eigenvalue weighted by Gasteiger charge is 2.29. The van der Waals surface area contributed by atoms with E-state index in [2.05, 4.69) is 26.6 Å². The number of urea groups is 1. The molecule has 2 atom stereocenters. The number of carbonyl (C=O) groups excluding carboxylic acids is 6. The molecule has 0 aliphatic rings. The zero-order chi connectivity index (χ0) is 33.3. The minimum Gasteiger partial charge on any atom is -0.460 e. The van der Waals surface area contributed by atoms with Gasteiger partial charge >= 0.3 is 12.0 Å². The number of alkyl halides is 1. The number of unbranched alkanes of at least 4 members (excludes halogenated alkanes) is 1. The van der Waals surface area contributed by atoms with Gasteiger partial charge in [-0.15, -0.1) is 0 Å². The zero-order valence-corrected chi connectivity index (χ0v) is 28.4. The molecule has 6 amide bonds. The van der Waals surface area contributed by atoms with Crippen molar-refractivity contribution in [2.24, 2.45) is 17.1 Å². The highest BCUT2D eigenvalue weighted by molar-refractivity contribution is 14.1. The highest BCUT2D eigenvalue weighted by atomic mass is 127. The zero-order valence-electron chi connectivity index (χ0n) is 26.2. The lowest BCUT2D eigenvalue weighted by atomic mass is 9.97. The molecule has 246 valence electrons. The van der Waals surface area contributed by atoms with Crippen LogP contribution in [-0.4, -0.2) is 65.2 Å². The molecule has 7 N–H and O–H groups in total. The van der Waals surface area contributed by atoms with Gasteiger partial charge < -0.3 is 37.1 Å². The van der Waals surface area contributed by atoms with Crippen molar-refractivity contribution in [1.82, 2.24) is 21.3 Å². The lowest BCUT2D eigenvalue weighted by Gasteiger charge is -2.25. The number of hydrogen-bond donors (Lipinski definition) is 6. The van der Waals surface area contributed by atoms with Gasteiger partial charge in [0.1, 0.15) is 18.7 Å². The summed E-state index contributed by atoms with van der Waals surface area (Å²) in [4.78, 5) is 73.5. The molecule has 0 saturated heterocycles. The molecule has 0 aliphatic heterocycles. The second kappa shape index (κ2) is 19.8. The summed E-state index contributed by atoms with van der Waals surface area (Å²) in [5.41, 5.74) is 5.72. The molecule has 0 heterocycles. The van der Waals surface area contributed by atoms with Crippen LogP contribution in [0.3, 0.4) is 0 Å². The summed E-state index contributed by atoms with van der Waals surface area (Å²) >= 11 is 1.97. The summed E-state index contributed by atoms with van der Waals surface area (Å²) in [5, 5.41) is 13.5. The number of primary amides is 1. The van der Waals surface area contributed by atoms with Gasteiger partial charge in [0.25, 0.3) is 0 Å². The van der Waals surface area contributed by atoms with Crippen LogP contribution in [0.1, 0.15) is 72.3 Å². The second-order valence-corrected chi connectivity index (χ2v) is 12.5. The number of rotatable bonds is 18. The summed E-state index contributed by atoms with van der Waals surface area (Å²) in [6.45, 7) is 9.65. The molecule has 14 heteroatoms. The summed E-state index contributed by atoms with van der Waals surface area (Å²) in [7, 11) is 0. The van der Waals surface area contributed by atoms with Crippen LogP contribution in [0.25, 0.3) is 0 Å². The molecule has 0 aromatic heterocycles. The van der Waals surface area contributed by atoms with Crippen LogP contribution in [0.4, 0.5) is 10.5 Å². The standard InChI is InChI=1S/C30H47IN6O7/c1-19(2)25(37-23(38)10-6-7-15-33-24(39)17-31)27(41)36-22(9-8-16-34-29(32)43)26(40)35-21-13-11-20(12-14-21)18-44-28(42)30(3,4)5/h11-14,19,22,25H,6-10,15-18H2,1-5H3,(H,33,39)(H,35,40)(H,36,41)(H,37,38)(H3,32,34,43)/t22-,25?/m1/s1. The van der Waals surface area contributed by atoms with Crippen LogP contribution >= 0.6 is 22.6 Å². The Morgan fingerprint density at radius 3 is 2.07 bits per heavy atom. The molecule has 0 spiro atoms. The topological polar surface area (TPSA) is 198 Å². The van der Waals surface area contributed by atoms with Crippen LogP contribution in [0.15, 0.2) is 24.3 Å². The maximum atomic E-state index is 13.3. The van der Waals surface area contributed by atoms with Gasteiger partial charge in [0.2, 0.25) is 23.6 Å². The van der Waals surface area contributed by atoms with Gasteiger partial charge in [-0.05, 0) is 70.1 Å². The van der Waals surface area contributed by atoms with E-state index in [0.717, 1.165) is 5.56 Å². The average Bonchev–Trinajstić information content (AvgIpc) is 2.95. The van der Waals surface area contributed by atoms with E-state index in [0.29, 0.717) is 35.9 Å². The van der Waals surface area contributed by atoms with Crippen LogP contribution in [0.5, 0.6) is 0 Å². The smallest absolute Gasteiger partial charge is 0.312 e. The molecule has 1 unspecified atom stereocenters. The first-order valence-electron chi connectivity index (χ1n) is 14.7. The predicted octanol–water partition coefficient (Wildman–Crippen LogP) is 2.51. The lowest BCUT2D eigenvalue weighted by molar-refractivity contribution is -0.154. The largest absolute Gasteiger partial charge is 0.460 e. The molecule has 44 heavy (non-hydrogen) atoms. The van der Waals surface area contributed by atoms with Crippen LogP contribution in [-0.2, 0) is 35.3 Å². The van der Waals surface area contributed by atoms with E-state index in [4.69, 9.17) is 10.5 Å². The van der Waals surface area contributed by atoms with Crippen molar-refractivity contribution in [2.45, 2.75) is 85.4 Å². The van der Waals surface area contributed by atoms with Crippen molar-refractivity contribution in [3.63, 3.8) is 0 Å². The average molecular weight is 731 g/mol. The number of nitrogens with one attached hydrogen (secondary N) is 5. The first kappa shape index (κ1) is 38.6. The van der Waals surface area contributed by atoms with Crippen molar-refractivity contribution >= 4 is 63.9 Å². The van der Waals surface area contributed by atoms with Gasteiger partial charge in [-0.1, -0.05) is 48.6 Å². The van der Waals surface area contributed by atoms with E-state index in [-0.39, 0.29) is 49.7 Å². The maximum Gasteiger partial charge on any atom is 0.312 e. The van der Waals surface area contributed by atoms with Crippen LogP contribution in [0, 0.1) is 11.3 Å². The van der Waals surface area contributed by atoms with Gasteiger partial charge in [0, 0.05) is 25.2 Å². The number of nitrogens with two attached hydrogens (primary N) is 1. The molecular formula is C30H47IN6O7. The third-order valence-corrected chi connectivity index (χ3v) is 7.04. The van der Waals surface area contributed by atoms with Gasteiger partial charge in [0.05, 0.1) is 9.84 Å². The molecule has 1 aromatic carbocycles. The fraction of sp³-hybridized carbons (Fsp3) is 0.600. The predicted molar refractivity (Wildman–Crippen MR) is 176 cm³/mol. The van der Waals surface area contributed by atoms with E-state index in [1.807, 2.05) is 22.6 Å². The Bertz CT molecular complexity index is 1120. The van der Waals surface area contributed by atoms with Crippen LogP contribution in [0.2, 0.25) is 0 Å². The maximum absolute atomic E-state index is 13.3. The van der Waals surface area contributed by atoms with Crippen molar-refractivity contribution < 1.29 is 33.5 Å². The Labute approximate surface area is 273 Å². The first-order chi connectivity index (χ1) is 20.6. The normalized spacial score (nSPS) is 12.4. The van der Waals surface area contributed by atoms with Crippen molar-refractivity contribution in [3.8, 4) is 0 Å². The Morgan fingerprint density at radius 2 is 1.50 bits per heavy atom. The number of benzene rings is 1. The number of carbonyl (C=O) groups is 6.